The summed E-state index contributed by atoms with van der Waals surface area (Å²) in [5, 5.41) is 7.27. The predicted octanol–water partition coefficient (Wildman–Crippen LogP) is 3.89. The quantitative estimate of drug-likeness (QED) is 0.631. The molecule has 3 aromatic rings. The Hall–Kier alpha value is -2.73. The zero-order valence-electron chi connectivity index (χ0n) is 15.5. The van der Waals surface area contributed by atoms with Crippen molar-refractivity contribution in [3.63, 3.8) is 0 Å². The van der Waals surface area contributed by atoms with Gasteiger partial charge in [-0.2, -0.15) is 0 Å². The van der Waals surface area contributed by atoms with E-state index in [2.05, 4.69) is 45.5 Å². The molecule has 6 nitrogen and oxygen atoms in total. The Labute approximate surface area is 163 Å². The lowest BCUT2D eigenvalue weighted by Crippen LogP contribution is -2.19. The van der Waals surface area contributed by atoms with Gasteiger partial charge >= 0.3 is 0 Å². The van der Waals surface area contributed by atoms with Gasteiger partial charge in [0.05, 0.1) is 11.1 Å². The van der Waals surface area contributed by atoms with Crippen LogP contribution in [0.1, 0.15) is 35.7 Å². The molecule has 0 radical (unpaired) electrons. The topological polar surface area (TPSA) is 79.8 Å². The van der Waals surface area contributed by atoms with E-state index in [-0.39, 0.29) is 11.8 Å². The van der Waals surface area contributed by atoms with Gasteiger partial charge < -0.3 is 10.6 Å². The van der Waals surface area contributed by atoms with E-state index in [1.165, 1.54) is 6.33 Å². The monoisotopic (exact) mass is 383 g/mol. The zero-order chi connectivity index (χ0) is 19.4. The lowest BCUT2D eigenvalue weighted by Gasteiger charge is -2.22. The standard InChI is InChI=1S/C20H22ClN5O/c1-12(10-24-18-9-17(21)25-11-26-18)13(2)14-5-4-6-15-16(20(27)22-3)7-8-23-19(14)15/h4-9,11-13H,10H2,1-3H3,(H,22,27)(H,24,25,26)/t12-,13?/m1/s1. The number of hydrogen-bond donors (Lipinski definition) is 2. The van der Waals surface area contributed by atoms with E-state index < -0.39 is 0 Å². The molecule has 3 rings (SSSR count). The number of hydrogen-bond acceptors (Lipinski definition) is 5. The van der Waals surface area contributed by atoms with Crippen LogP contribution in [-0.4, -0.2) is 34.5 Å². The van der Waals surface area contributed by atoms with Gasteiger partial charge in [0, 0.05) is 31.2 Å². The third kappa shape index (κ3) is 4.17. The van der Waals surface area contributed by atoms with Crippen LogP contribution < -0.4 is 10.6 Å². The highest BCUT2D eigenvalue weighted by Gasteiger charge is 2.19. The lowest BCUT2D eigenvalue weighted by molar-refractivity contribution is 0.0964. The number of pyridine rings is 1. The molecule has 1 aromatic carbocycles. The molecule has 0 aliphatic heterocycles. The van der Waals surface area contributed by atoms with Crippen LogP contribution in [0, 0.1) is 5.92 Å². The van der Waals surface area contributed by atoms with E-state index >= 15 is 0 Å². The minimum Gasteiger partial charge on any atom is -0.370 e. The van der Waals surface area contributed by atoms with Crippen LogP contribution in [0.25, 0.3) is 10.9 Å². The summed E-state index contributed by atoms with van der Waals surface area (Å²) >= 11 is 5.90. The second-order valence-electron chi connectivity index (χ2n) is 6.55. The Balaban J connectivity index is 1.84. The van der Waals surface area contributed by atoms with Crippen LogP contribution in [0.3, 0.4) is 0 Å². The van der Waals surface area contributed by atoms with Crippen LogP contribution in [-0.2, 0) is 0 Å². The normalized spacial score (nSPS) is 13.2. The van der Waals surface area contributed by atoms with Gasteiger partial charge in [-0.25, -0.2) is 9.97 Å². The third-order valence-corrected chi connectivity index (χ3v) is 5.06. The minimum absolute atomic E-state index is 0.109. The number of fused-ring (bicyclic) bond motifs is 1. The number of nitrogens with one attached hydrogen (secondary N) is 2. The molecular weight excluding hydrogens is 362 g/mol. The highest BCUT2D eigenvalue weighted by Crippen LogP contribution is 2.31. The lowest BCUT2D eigenvalue weighted by atomic mass is 9.87. The Morgan fingerprint density at radius 2 is 2.00 bits per heavy atom. The Kier molecular flexibility index (Phi) is 5.86. The molecule has 2 aromatic heterocycles. The van der Waals surface area contributed by atoms with Crippen LogP contribution >= 0.6 is 11.6 Å². The number of rotatable bonds is 6. The Morgan fingerprint density at radius 3 is 2.74 bits per heavy atom. The maximum Gasteiger partial charge on any atom is 0.251 e. The zero-order valence-corrected chi connectivity index (χ0v) is 16.3. The van der Waals surface area contributed by atoms with Crippen molar-refractivity contribution in [1.29, 1.82) is 0 Å². The fourth-order valence-electron chi connectivity index (χ4n) is 3.08. The first kappa shape index (κ1) is 19.0. The Bertz CT molecular complexity index is 962. The van der Waals surface area contributed by atoms with Crippen LogP contribution in [0.4, 0.5) is 5.82 Å². The smallest absolute Gasteiger partial charge is 0.251 e. The van der Waals surface area contributed by atoms with Gasteiger partial charge in [-0.3, -0.25) is 9.78 Å². The molecule has 2 heterocycles. The summed E-state index contributed by atoms with van der Waals surface area (Å²) < 4.78 is 0. The molecule has 0 saturated heterocycles. The van der Waals surface area contributed by atoms with Gasteiger partial charge in [0.15, 0.2) is 0 Å². The molecule has 2 N–H and O–H groups in total. The van der Waals surface area contributed by atoms with Crippen LogP contribution in [0.5, 0.6) is 0 Å². The van der Waals surface area contributed by atoms with Gasteiger partial charge in [-0.15, -0.1) is 0 Å². The number of benzene rings is 1. The van der Waals surface area contributed by atoms with Crippen molar-refractivity contribution in [2.45, 2.75) is 19.8 Å². The summed E-state index contributed by atoms with van der Waals surface area (Å²) in [5.74, 6) is 1.12. The van der Waals surface area contributed by atoms with Gasteiger partial charge in [0.1, 0.15) is 17.3 Å². The number of carbonyl (C=O) groups excluding carboxylic acids is 1. The summed E-state index contributed by atoms with van der Waals surface area (Å²) in [6, 6.07) is 9.45. The number of para-hydroxylation sites is 1. The van der Waals surface area contributed by atoms with E-state index in [1.54, 1.807) is 25.4 Å². The summed E-state index contributed by atoms with van der Waals surface area (Å²) in [7, 11) is 1.63. The third-order valence-electron chi connectivity index (χ3n) is 4.86. The molecule has 0 spiro atoms. The first-order valence-electron chi connectivity index (χ1n) is 8.82. The van der Waals surface area contributed by atoms with Crippen LogP contribution in [0.15, 0.2) is 42.9 Å². The van der Waals surface area contributed by atoms with Crippen molar-refractivity contribution in [2.75, 3.05) is 18.9 Å². The fourth-order valence-corrected chi connectivity index (χ4v) is 3.23. The average molecular weight is 384 g/mol. The largest absolute Gasteiger partial charge is 0.370 e. The predicted molar refractivity (Wildman–Crippen MR) is 108 cm³/mol. The second-order valence-corrected chi connectivity index (χ2v) is 6.94. The van der Waals surface area contributed by atoms with Crippen molar-refractivity contribution in [3.8, 4) is 0 Å². The number of aromatic nitrogens is 3. The average Bonchev–Trinajstić information content (AvgIpc) is 2.70. The molecule has 140 valence electrons. The number of anilines is 1. The van der Waals surface area contributed by atoms with Gasteiger partial charge in [0.2, 0.25) is 0 Å². The maximum absolute atomic E-state index is 12.2. The summed E-state index contributed by atoms with van der Waals surface area (Å²) in [5.41, 5.74) is 2.62. The van der Waals surface area contributed by atoms with E-state index in [1.807, 2.05) is 12.1 Å². The summed E-state index contributed by atoms with van der Waals surface area (Å²) in [6.45, 7) is 5.06. The fraction of sp³-hybridized carbons (Fsp3) is 0.300. The molecule has 0 aliphatic carbocycles. The van der Waals surface area contributed by atoms with Crippen LogP contribution in [0.2, 0.25) is 5.15 Å². The van der Waals surface area contributed by atoms with Gasteiger partial charge in [-0.1, -0.05) is 43.6 Å². The highest BCUT2D eigenvalue weighted by molar-refractivity contribution is 6.29. The van der Waals surface area contributed by atoms with Crippen molar-refractivity contribution in [3.05, 3.63) is 59.1 Å². The molecule has 2 atom stereocenters. The molecule has 1 unspecified atom stereocenters. The molecule has 27 heavy (non-hydrogen) atoms. The van der Waals surface area contributed by atoms with Gasteiger partial charge in [-0.05, 0) is 23.5 Å². The molecule has 0 aliphatic rings. The van der Waals surface area contributed by atoms with Gasteiger partial charge in [0.25, 0.3) is 5.91 Å². The maximum atomic E-state index is 12.2. The minimum atomic E-state index is -0.109. The van der Waals surface area contributed by atoms with Crippen molar-refractivity contribution >= 4 is 34.2 Å². The van der Waals surface area contributed by atoms with E-state index in [0.717, 1.165) is 23.0 Å². The SMILES string of the molecule is CNC(=O)c1ccnc2c(C(C)[C@H](C)CNc3cc(Cl)ncn3)cccc12. The van der Waals surface area contributed by atoms with Crippen molar-refractivity contribution in [1.82, 2.24) is 20.3 Å². The molecule has 0 fully saturated rings. The molecule has 7 heteroatoms. The second kappa shape index (κ2) is 8.31. The first-order chi connectivity index (χ1) is 13.0. The number of halogens is 1. The molecule has 0 bridgehead atoms. The number of amides is 1. The molecular formula is C20H22ClN5O. The highest BCUT2D eigenvalue weighted by atomic mass is 35.5. The van der Waals surface area contributed by atoms with E-state index in [0.29, 0.717) is 22.5 Å². The summed E-state index contributed by atoms with van der Waals surface area (Å²) in [4.78, 5) is 24.8. The first-order valence-corrected chi connectivity index (χ1v) is 9.20. The van der Waals surface area contributed by atoms with E-state index in [4.69, 9.17) is 11.6 Å². The van der Waals surface area contributed by atoms with Crippen molar-refractivity contribution < 1.29 is 4.79 Å². The molecule has 1 amide bonds. The summed E-state index contributed by atoms with van der Waals surface area (Å²) in [6.07, 6.45) is 3.13. The van der Waals surface area contributed by atoms with E-state index in [9.17, 15) is 4.79 Å². The number of nitrogens with zero attached hydrogens (tertiary/aromatic N) is 3. The van der Waals surface area contributed by atoms with Crippen molar-refractivity contribution in [2.24, 2.45) is 5.92 Å². The molecule has 0 saturated carbocycles. The Morgan fingerprint density at radius 1 is 1.19 bits per heavy atom. The number of carbonyl (C=O) groups is 1.